The van der Waals surface area contributed by atoms with Crippen LogP contribution in [0.2, 0.25) is 0 Å². The summed E-state index contributed by atoms with van der Waals surface area (Å²) < 4.78 is 12.0. The number of carbonyl (C=O) groups excluding carboxylic acids is 1. The first-order valence-electron chi connectivity index (χ1n) is 7.59. The molecule has 2 aromatic heterocycles. The number of hydrogen-bond acceptors (Lipinski definition) is 5. The third kappa shape index (κ3) is 3.48. The maximum Gasteiger partial charge on any atom is 0.343 e. The van der Waals surface area contributed by atoms with Crippen LogP contribution in [0.3, 0.4) is 0 Å². The van der Waals surface area contributed by atoms with Crippen LogP contribution >= 0.6 is 0 Å². The highest BCUT2D eigenvalue weighted by molar-refractivity contribution is 5.71. The first kappa shape index (κ1) is 15.9. The van der Waals surface area contributed by atoms with Gasteiger partial charge in [-0.3, -0.25) is 0 Å². The van der Waals surface area contributed by atoms with Gasteiger partial charge in [0.15, 0.2) is 12.4 Å². The molecule has 6 nitrogen and oxygen atoms in total. The first-order valence-corrected chi connectivity index (χ1v) is 7.59. The van der Waals surface area contributed by atoms with Gasteiger partial charge in [0.2, 0.25) is 0 Å². The van der Waals surface area contributed by atoms with Gasteiger partial charge in [0.1, 0.15) is 5.75 Å². The van der Waals surface area contributed by atoms with Gasteiger partial charge in [0.05, 0.1) is 12.6 Å². The van der Waals surface area contributed by atoms with Gasteiger partial charge in [-0.05, 0) is 29.8 Å². The molecule has 0 N–H and O–H groups in total. The van der Waals surface area contributed by atoms with E-state index in [-0.39, 0.29) is 6.61 Å². The fourth-order valence-corrected chi connectivity index (χ4v) is 2.53. The molecule has 124 valence electrons. The third-order valence-electron chi connectivity index (χ3n) is 3.70. The van der Waals surface area contributed by atoms with Gasteiger partial charge in [0.25, 0.3) is 0 Å². The zero-order chi connectivity index (χ0) is 16.9. The molecule has 0 fully saturated rings. The summed E-state index contributed by atoms with van der Waals surface area (Å²) in [4.78, 5) is 17.7. The zero-order valence-electron chi connectivity index (χ0n) is 13.7. The molecule has 0 saturated carbocycles. The lowest BCUT2D eigenvalue weighted by Gasteiger charge is -2.19. The van der Waals surface area contributed by atoms with Crippen LogP contribution in [-0.4, -0.2) is 36.1 Å². The van der Waals surface area contributed by atoms with Gasteiger partial charge in [0, 0.05) is 32.2 Å². The van der Waals surface area contributed by atoms with Gasteiger partial charge in [-0.2, -0.15) is 0 Å². The summed E-state index contributed by atoms with van der Waals surface area (Å²) in [5.74, 6) is 1.14. The van der Waals surface area contributed by atoms with E-state index in [9.17, 15) is 4.79 Å². The second-order valence-electron chi connectivity index (χ2n) is 5.42. The largest absolute Gasteiger partial charge is 0.482 e. The van der Waals surface area contributed by atoms with E-state index in [0.717, 1.165) is 16.9 Å². The van der Waals surface area contributed by atoms with Gasteiger partial charge >= 0.3 is 5.97 Å². The maximum absolute atomic E-state index is 11.2. The lowest BCUT2D eigenvalue weighted by atomic mass is 10.2. The van der Waals surface area contributed by atoms with Crippen molar-refractivity contribution in [1.82, 2.24) is 9.38 Å². The summed E-state index contributed by atoms with van der Waals surface area (Å²) in [6.07, 6.45) is 5.71. The maximum atomic E-state index is 11.2. The van der Waals surface area contributed by atoms with E-state index >= 15 is 0 Å². The van der Waals surface area contributed by atoms with E-state index in [0.29, 0.717) is 12.3 Å². The van der Waals surface area contributed by atoms with E-state index in [1.807, 2.05) is 60.2 Å². The normalized spacial score (nSPS) is 10.6. The monoisotopic (exact) mass is 325 g/mol. The molecule has 24 heavy (non-hydrogen) atoms. The average molecular weight is 325 g/mol. The van der Waals surface area contributed by atoms with Crippen molar-refractivity contribution in [3.8, 4) is 5.75 Å². The second kappa shape index (κ2) is 7.04. The Morgan fingerprint density at radius 1 is 1.25 bits per heavy atom. The van der Waals surface area contributed by atoms with Crippen molar-refractivity contribution in [2.45, 2.75) is 6.54 Å². The number of aromatic nitrogens is 2. The molecule has 3 aromatic rings. The van der Waals surface area contributed by atoms with Gasteiger partial charge < -0.3 is 18.8 Å². The summed E-state index contributed by atoms with van der Waals surface area (Å²) in [5.41, 5.74) is 2.12. The lowest BCUT2D eigenvalue weighted by molar-refractivity contribution is -0.142. The Hall–Kier alpha value is -3.02. The highest BCUT2D eigenvalue weighted by atomic mass is 16.6. The predicted molar refractivity (Wildman–Crippen MR) is 91.3 cm³/mol. The van der Waals surface area contributed by atoms with Crippen LogP contribution in [0.4, 0.5) is 5.82 Å². The number of rotatable bonds is 6. The summed E-state index contributed by atoms with van der Waals surface area (Å²) in [6, 6.07) is 11.7. The number of methoxy groups -OCH3 is 1. The van der Waals surface area contributed by atoms with Gasteiger partial charge in [-0.15, -0.1) is 0 Å². The Morgan fingerprint density at radius 3 is 2.96 bits per heavy atom. The Bertz CT molecular complexity index is 844. The molecular formula is C18H19N3O3. The van der Waals surface area contributed by atoms with Crippen molar-refractivity contribution < 1.29 is 14.3 Å². The average Bonchev–Trinajstić information content (AvgIpc) is 3.08. The van der Waals surface area contributed by atoms with Crippen molar-refractivity contribution in [3.63, 3.8) is 0 Å². The van der Waals surface area contributed by atoms with Crippen molar-refractivity contribution in [2.24, 2.45) is 0 Å². The van der Waals surface area contributed by atoms with Crippen LogP contribution in [0.5, 0.6) is 5.75 Å². The lowest BCUT2D eigenvalue weighted by Crippen LogP contribution is -2.18. The minimum Gasteiger partial charge on any atom is -0.482 e. The number of fused-ring (bicyclic) bond motifs is 1. The number of ether oxygens (including phenoxy) is 2. The number of esters is 1. The SMILES string of the molecule is COC(=O)COc1cccc(CN(C)c2nccn3cccc23)c1. The Balaban J connectivity index is 1.73. The van der Waals surface area contributed by atoms with Crippen LogP contribution in [0.25, 0.3) is 5.52 Å². The number of hydrogen-bond donors (Lipinski definition) is 0. The summed E-state index contributed by atoms with van der Waals surface area (Å²) >= 11 is 0. The van der Waals surface area contributed by atoms with E-state index in [4.69, 9.17) is 4.74 Å². The molecule has 0 aliphatic heterocycles. The molecule has 0 aliphatic carbocycles. The van der Waals surface area contributed by atoms with Crippen LogP contribution in [0, 0.1) is 0 Å². The van der Waals surface area contributed by atoms with Crippen LogP contribution in [0.1, 0.15) is 5.56 Å². The van der Waals surface area contributed by atoms with E-state index in [1.54, 1.807) is 6.20 Å². The Labute approximate surface area is 140 Å². The molecule has 6 heteroatoms. The van der Waals surface area contributed by atoms with Crippen molar-refractivity contribution in [3.05, 3.63) is 60.6 Å². The van der Waals surface area contributed by atoms with Crippen molar-refractivity contribution in [2.75, 3.05) is 25.7 Å². The quantitative estimate of drug-likeness (QED) is 0.652. The molecule has 2 heterocycles. The summed E-state index contributed by atoms with van der Waals surface area (Å²) in [6.45, 7) is 0.577. The Morgan fingerprint density at radius 2 is 2.12 bits per heavy atom. The first-order chi connectivity index (χ1) is 11.7. The molecule has 0 saturated heterocycles. The number of benzene rings is 1. The topological polar surface area (TPSA) is 56.1 Å². The zero-order valence-corrected chi connectivity index (χ0v) is 13.7. The molecule has 0 spiro atoms. The fraction of sp³-hybridized carbons (Fsp3) is 0.222. The summed E-state index contributed by atoms with van der Waals surface area (Å²) in [7, 11) is 3.34. The standard InChI is InChI=1S/C18H19N3O3/c1-20(18-16-7-4-9-21(16)10-8-19-18)12-14-5-3-6-15(11-14)24-13-17(22)23-2/h3-11H,12-13H2,1-2H3. The molecule has 0 radical (unpaired) electrons. The van der Waals surface area contributed by atoms with Gasteiger partial charge in [-0.25, -0.2) is 9.78 Å². The number of anilines is 1. The summed E-state index contributed by atoms with van der Waals surface area (Å²) in [5, 5.41) is 0. The van der Waals surface area contributed by atoms with E-state index in [2.05, 4.69) is 14.6 Å². The number of carbonyl (C=O) groups is 1. The molecule has 1 aromatic carbocycles. The molecular weight excluding hydrogens is 306 g/mol. The van der Waals surface area contributed by atoms with Gasteiger partial charge in [-0.1, -0.05) is 12.1 Å². The van der Waals surface area contributed by atoms with E-state index in [1.165, 1.54) is 7.11 Å². The molecule has 0 bridgehead atoms. The van der Waals surface area contributed by atoms with Crippen LogP contribution in [0.15, 0.2) is 55.0 Å². The van der Waals surface area contributed by atoms with E-state index < -0.39 is 5.97 Å². The Kier molecular flexibility index (Phi) is 4.65. The fourth-order valence-electron chi connectivity index (χ4n) is 2.53. The predicted octanol–water partition coefficient (Wildman–Crippen LogP) is 2.52. The minimum atomic E-state index is -0.401. The smallest absolute Gasteiger partial charge is 0.343 e. The van der Waals surface area contributed by atoms with Crippen LogP contribution < -0.4 is 9.64 Å². The van der Waals surface area contributed by atoms with Crippen LogP contribution in [-0.2, 0) is 16.1 Å². The molecule has 3 rings (SSSR count). The highest BCUT2D eigenvalue weighted by Gasteiger charge is 2.09. The minimum absolute atomic E-state index is 0.0964. The molecule has 0 amide bonds. The highest BCUT2D eigenvalue weighted by Crippen LogP contribution is 2.21. The number of nitrogens with zero attached hydrogens (tertiary/aromatic N) is 3. The van der Waals surface area contributed by atoms with Crippen molar-refractivity contribution in [1.29, 1.82) is 0 Å². The second-order valence-corrected chi connectivity index (χ2v) is 5.42. The molecule has 0 atom stereocenters. The van der Waals surface area contributed by atoms with Crippen molar-refractivity contribution >= 4 is 17.3 Å². The third-order valence-corrected chi connectivity index (χ3v) is 3.70. The molecule has 0 aliphatic rings. The molecule has 0 unspecified atom stereocenters.